The minimum atomic E-state index is 0.114. The minimum absolute atomic E-state index is 0.114. The van der Waals surface area contributed by atoms with Gasteiger partial charge in [0.25, 0.3) is 5.22 Å². The van der Waals surface area contributed by atoms with Crippen LogP contribution < -0.4 is 0 Å². The Hall–Kier alpha value is -1.22. The second-order valence-corrected chi connectivity index (χ2v) is 5.91. The number of aryl methyl sites for hydroxylation is 2. The summed E-state index contributed by atoms with van der Waals surface area (Å²) in [5.74, 6) is 7.67. The Bertz CT molecular complexity index is 585. The van der Waals surface area contributed by atoms with Crippen molar-refractivity contribution in [1.82, 2.24) is 4.98 Å². The molecule has 0 fully saturated rings. The quantitative estimate of drug-likeness (QED) is 0.693. The number of aromatic nitrogens is 1. The molecule has 5 heteroatoms. The van der Waals surface area contributed by atoms with Gasteiger partial charge in [-0.2, -0.15) is 0 Å². The van der Waals surface area contributed by atoms with E-state index in [2.05, 4.69) is 22.9 Å². The van der Waals surface area contributed by atoms with Gasteiger partial charge in [0, 0.05) is 28.0 Å². The fraction of sp³-hybridized carbons (Fsp3) is 0.357. The highest BCUT2D eigenvalue weighted by Crippen LogP contribution is 2.26. The van der Waals surface area contributed by atoms with Crippen molar-refractivity contribution < 1.29 is 9.52 Å². The summed E-state index contributed by atoms with van der Waals surface area (Å²) in [5, 5.41) is 11.4. The van der Waals surface area contributed by atoms with Crippen molar-refractivity contribution in [3.8, 4) is 11.8 Å². The van der Waals surface area contributed by atoms with Crippen LogP contribution in [0.3, 0.4) is 0 Å². The highest BCUT2D eigenvalue weighted by molar-refractivity contribution is 7.98. The Morgan fingerprint density at radius 2 is 2.32 bits per heavy atom. The highest BCUT2D eigenvalue weighted by atomic mass is 32.2. The highest BCUT2D eigenvalue weighted by Gasteiger charge is 2.07. The maximum atomic E-state index is 8.66. The molecule has 0 aromatic carbocycles. The van der Waals surface area contributed by atoms with Crippen LogP contribution in [0.25, 0.3) is 0 Å². The topological polar surface area (TPSA) is 46.3 Å². The second-order valence-electron chi connectivity index (χ2n) is 3.99. The number of oxazole rings is 1. The summed E-state index contributed by atoms with van der Waals surface area (Å²) in [4.78, 5) is 5.58. The number of thioether (sulfide) groups is 1. The average molecular weight is 293 g/mol. The number of hydrogen-bond donors (Lipinski definition) is 1. The summed E-state index contributed by atoms with van der Waals surface area (Å²) in [7, 11) is 0. The minimum Gasteiger partial charge on any atom is -0.437 e. The lowest BCUT2D eigenvalue weighted by Crippen LogP contribution is -1.77. The van der Waals surface area contributed by atoms with E-state index in [-0.39, 0.29) is 6.61 Å². The summed E-state index contributed by atoms with van der Waals surface area (Å²) >= 11 is 3.28. The van der Waals surface area contributed by atoms with Crippen molar-refractivity contribution in [2.24, 2.45) is 0 Å². The van der Waals surface area contributed by atoms with Crippen LogP contribution in [0.5, 0.6) is 0 Å². The van der Waals surface area contributed by atoms with Crippen LogP contribution in [0.1, 0.15) is 28.3 Å². The second kappa shape index (κ2) is 6.80. The standard InChI is InChI=1S/C14H15NO2S2/c1-10-11(2)17-14(15-10)19-9-13-7-12(8-18-13)5-3-4-6-16/h7-8,16H,4,6,9H2,1-2H3. The Morgan fingerprint density at radius 1 is 1.47 bits per heavy atom. The summed E-state index contributed by atoms with van der Waals surface area (Å²) in [6, 6.07) is 2.07. The normalized spacial score (nSPS) is 10.3. The van der Waals surface area contributed by atoms with Gasteiger partial charge < -0.3 is 9.52 Å². The first-order valence-corrected chi connectivity index (χ1v) is 7.79. The third kappa shape index (κ3) is 4.13. The van der Waals surface area contributed by atoms with Crippen LogP contribution in [-0.2, 0) is 5.75 Å². The first kappa shape index (κ1) is 14.2. The monoisotopic (exact) mass is 293 g/mol. The molecular weight excluding hydrogens is 278 g/mol. The van der Waals surface area contributed by atoms with Crippen molar-refractivity contribution in [3.63, 3.8) is 0 Å². The fourth-order valence-electron chi connectivity index (χ4n) is 1.38. The van der Waals surface area contributed by atoms with Gasteiger partial charge in [-0.25, -0.2) is 4.98 Å². The van der Waals surface area contributed by atoms with E-state index in [0.717, 1.165) is 28.0 Å². The van der Waals surface area contributed by atoms with Gasteiger partial charge in [-0.1, -0.05) is 23.6 Å². The molecule has 0 aliphatic heterocycles. The van der Waals surface area contributed by atoms with Gasteiger partial charge in [0.1, 0.15) is 5.76 Å². The molecule has 2 aromatic rings. The first-order valence-electron chi connectivity index (χ1n) is 5.93. The van der Waals surface area contributed by atoms with Crippen LogP contribution in [0, 0.1) is 25.7 Å². The van der Waals surface area contributed by atoms with Crippen LogP contribution in [-0.4, -0.2) is 16.7 Å². The molecule has 3 nitrogen and oxygen atoms in total. The molecule has 2 heterocycles. The summed E-state index contributed by atoms with van der Waals surface area (Å²) in [6.07, 6.45) is 0.523. The number of thiophene rings is 1. The van der Waals surface area contributed by atoms with E-state index in [9.17, 15) is 0 Å². The SMILES string of the molecule is Cc1nc(SCc2cc(C#CCCO)cs2)oc1C. The Kier molecular flexibility index (Phi) is 5.08. The van der Waals surface area contributed by atoms with E-state index in [0.29, 0.717) is 6.42 Å². The van der Waals surface area contributed by atoms with E-state index < -0.39 is 0 Å². The summed E-state index contributed by atoms with van der Waals surface area (Å²) < 4.78 is 5.52. The van der Waals surface area contributed by atoms with Crippen LogP contribution in [0.4, 0.5) is 0 Å². The number of aliphatic hydroxyl groups is 1. The van der Waals surface area contributed by atoms with Crippen molar-refractivity contribution in [1.29, 1.82) is 0 Å². The largest absolute Gasteiger partial charge is 0.437 e. The van der Waals surface area contributed by atoms with Crippen molar-refractivity contribution in [3.05, 3.63) is 33.3 Å². The molecule has 100 valence electrons. The number of hydrogen-bond acceptors (Lipinski definition) is 5. The van der Waals surface area contributed by atoms with E-state index in [4.69, 9.17) is 9.52 Å². The van der Waals surface area contributed by atoms with Crippen molar-refractivity contribution >= 4 is 23.1 Å². The molecule has 2 aromatic heterocycles. The number of rotatable bonds is 4. The van der Waals surface area contributed by atoms with E-state index in [1.54, 1.807) is 23.1 Å². The number of aliphatic hydroxyl groups excluding tert-OH is 1. The predicted molar refractivity (Wildman–Crippen MR) is 78.4 cm³/mol. The van der Waals surface area contributed by atoms with E-state index in [1.807, 2.05) is 19.2 Å². The molecule has 0 saturated carbocycles. The van der Waals surface area contributed by atoms with E-state index in [1.165, 1.54) is 4.88 Å². The molecule has 2 rings (SSSR count). The molecule has 19 heavy (non-hydrogen) atoms. The third-order valence-corrected chi connectivity index (χ3v) is 4.47. The summed E-state index contributed by atoms with van der Waals surface area (Å²) in [6.45, 7) is 3.98. The zero-order valence-electron chi connectivity index (χ0n) is 10.9. The smallest absolute Gasteiger partial charge is 0.256 e. The van der Waals surface area contributed by atoms with Crippen LogP contribution >= 0.6 is 23.1 Å². The molecule has 0 bridgehead atoms. The van der Waals surface area contributed by atoms with E-state index >= 15 is 0 Å². The van der Waals surface area contributed by atoms with Gasteiger partial charge in [-0.3, -0.25) is 0 Å². The molecule has 0 spiro atoms. The fourth-order valence-corrected chi connectivity index (χ4v) is 3.16. The van der Waals surface area contributed by atoms with Gasteiger partial charge in [-0.15, -0.1) is 11.3 Å². The molecular formula is C14H15NO2S2. The molecule has 0 amide bonds. The number of nitrogens with zero attached hydrogens (tertiary/aromatic N) is 1. The molecule has 0 aliphatic carbocycles. The van der Waals surface area contributed by atoms with Gasteiger partial charge in [0.15, 0.2) is 0 Å². The van der Waals surface area contributed by atoms with Gasteiger partial charge in [0.2, 0.25) is 0 Å². The molecule has 1 N–H and O–H groups in total. The lowest BCUT2D eigenvalue weighted by atomic mass is 10.3. The van der Waals surface area contributed by atoms with Gasteiger partial charge in [-0.05, 0) is 19.9 Å². The average Bonchev–Trinajstić information content (AvgIpc) is 2.95. The van der Waals surface area contributed by atoms with Crippen LogP contribution in [0.2, 0.25) is 0 Å². The molecule has 0 unspecified atom stereocenters. The van der Waals surface area contributed by atoms with Gasteiger partial charge in [0.05, 0.1) is 12.3 Å². The summed E-state index contributed by atoms with van der Waals surface area (Å²) in [5.41, 5.74) is 1.96. The molecule has 0 atom stereocenters. The van der Waals surface area contributed by atoms with Crippen molar-refractivity contribution in [2.45, 2.75) is 31.2 Å². The predicted octanol–water partition coefficient (Wildman–Crippen LogP) is 3.38. The lowest BCUT2D eigenvalue weighted by molar-refractivity contribution is 0.305. The molecule has 0 aliphatic rings. The van der Waals surface area contributed by atoms with Gasteiger partial charge >= 0.3 is 0 Å². The lowest BCUT2D eigenvalue weighted by Gasteiger charge is -1.92. The molecule has 0 saturated heterocycles. The van der Waals surface area contributed by atoms with Crippen molar-refractivity contribution in [2.75, 3.05) is 6.61 Å². The maximum Gasteiger partial charge on any atom is 0.256 e. The van der Waals surface area contributed by atoms with Crippen LogP contribution in [0.15, 0.2) is 21.1 Å². The Labute approximate surface area is 121 Å². The Morgan fingerprint density at radius 3 is 3.00 bits per heavy atom. The molecule has 0 radical (unpaired) electrons. The Balaban J connectivity index is 1.92. The zero-order valence-corrected chi connectivity index (χ0v) is 12.5. The maximum absolute atomic E-state index is 8.66. The zero-order chi connectivity index (χ0) is 13.7. The third-order valence-electron chi connectivity index (χ3n) is 2.47. The first-order chi connectivity index (χ1) is 9.19.